The summed E-state index contributed by atoms with van der Waals surface area (Å²) in [5.41, 5.74) is 0.205. The Bertz CT molecular complexity index is 458. The number of hydrogen-bond acceptors (Lipinski definition) is 5. The molecule has 2 N–H and O–H groups in total. The molecule has 1 amide bonds. The number of carbonyl (C=O) groups is 2. The van der Waals surface area contributed by atoms with E-state index in [0.29, 0.717) is 5.75 Å². The van der Waals surface area contributed by atoms with Crippen LogP contribution in [-0.4, -0.2) is 35.7 Å². The number of aliphatic hydroxyl groups excluding tert-OH is 1. The van der Waals surface area contributed by atoms with Crippen molar-refractivity contribution in [3.63, 3.8) is 0 Å². The predicted molar refractivity (Wildman–Crippen MR) is 65.6 cm³/mol. The van der Waals surface area contributed by atoms with Gasteiger partial charge in [-0.1, -0.05) is 12.1 Å². The number of ether oxygens (including phenoxy) is 1. The molecule has 1 aromatic carbocycles. The van der Waals surface area contributed by atoms with E-state index in [0.717, 1.165) is 0 Å². The van der Waals surface area contributed by atoms with Crippen molar-refractivity contribution in [3.8, 4) is 5.75 Å². The third kappa shape index (κ3) is 4.26. The molecule has 1 rings (SSSR count). The summed E-state index contributed by atoms with van der Waals surface area (Å²) >= 11 is 0. The molecule has 0 saturated carbocycles. The first-order valence-corrected chi connectivity index (χ1v) is 5.84. The molecule has 0 aliphatic rings. The zero-order valence-corrected chi connectivity index (χ0v) is 10.8. The van der Waals surface area contributed by atoms with Gasteiger partial charge in [0.15, 0.2) is 0 Å². The Hall–Kier alpha value is -2.08. The first kappa shape index (κ1) is 15.0. The van der Waals surface area contributed by atoms with Gasteiger partial charge < -0.3 is 25.1 Å². The monoisotopic (exact) mass is 266 g/mol. The van der Waals surface area contributed by atoms with Crippen molar-refractivity contribution >= 4 is 11.9 Å². The Labute approximate surface area is 111 Å². The highest BCUT2D eigenvalue weighted by molar-refractivity contribution is 5.98. The van der Waals surface area contributed by atoms with Crippen LogP contribution in [-0.2, 0) is 4.79 Å². The van der Waals surface area contributed by atoms with E-state index in [2.05, 4.69) is 5.32 Å². The quantitative estimate of drug-likeness (QED) is 0.710. The van der Waals surface area contributed by atoms with Gasteiger partial charge in [-0.05, 0) is 26.0 Å². The molecule has 0 unspecified atom stereocenters. The lowest BCUT2D eigenvalue weighted by atomic mass is 10.1. The average Bonchev–Trinajstić information content (AvgIpc) is 2.35. The molecule has 19 heavy (non-hydrogen) atoms. The van der Waals surface area contributed by atoms with E-state index in [4.69, 9.17) is 9.84 Å². The fourth-order valence-corrected chi connectivity index (χ4v) is 1.43. The Morgan fingerprint density at radius 2 is 2.00 bits per heavy atom. The molecule has 0 aliphatic carbocycles. The number of carbonyl (C=O) groups excluding carboxylic acids is 2. The van der Waals surface area contributed by atoms with Crippen LogP contribution in [0.5, 0.6) is 5.75 Å². The zero-order chi connectivity index (χ0) is 14.4. The van der Waals surface area contributed by atoms with Gasteiger partial charge in [-0.25, -0.2) is 0 Å². The van der Waals surface area contributed by atoms with Crippen LogP contribution in [0.4, 0.5) is 0 Å². The summed E-state index contributed by atoms with van der Waals surface area (Å²) in [4.78, 5) is 22.6. The Morgan fingerprint density at radius 1 is 1.37 bits per heavy atom. The van der Waals surface area contributed by atoms with Crippen LogP contribution in [0.25, 0.3) is 0 Å². The van der Waals surface area contributed by atoms with E-state index < -0.39 is 24.5 Å². The third-order valence-corrected chi connectivity index (χ3v) is 2.27. The van der Waals surface area contributed by atoms with Gasteiger partial charge in [0.1, 0.15) is 5.75 Å². The molecular weight excluding hydrogens is 250 g/mol. The van der Waals surface area contributed by atoms with E-state index in [1.807, 2.05) is 13.8 Å². The van der Waals surface area contributed by atoms with E-state index in [1.165, 1.54) is 6.07 Å². The molecule has 1 atom stereocenters. The van der Waals surface area contributed by atoms with Crippen LogP contribution >= 0.6 is 0 Å². The molecular formula is C13H16NO5-. The van der Waals surface area contributed by atoms with Gasteiger partial charge in [0.2, 0.25) is 0 Å². The number of aliphatic carboxylic acids is 1. The molecule has 0 heterocycles. The van der Waals surface area contributed by atoms with E-state index in [9.17, 15) is 14.7 Å². The maximum Gasteiger partial charge on any atom is 0.255 e. The van der Waals surface area contributed by atoms with Gasteiger partial charge in [-0.3, -0.25) is 4.79 Å². The normalized spacial score (nSPS) is 12.0. The summed E-state index contributed by atoms with van der Waals surface area (Å²) < 4.78 is 5.46. The second-order valence-electron chi connectivity index (χ2n) is 4.19. The SMILES string of the molecule is CC(C)Oc1ccccc1C(=O)N[C@H](CO)C(=O)[O-]. The Balaban J connectivity index is 2.90. The van der Waals surface area contributed by atoms with Gasteiger partial charge in [0.05, 0.1) is 30.3 Å². The van der Waals surface area contributed by atoms with Gasteiger partial charge in [-0.15, -0.1) is 0 Å². The van der Waals surface area contributed by atoms with Crippen LogP contribution in [0.1, 0.15) is 24.2 Å². The summed E-state index contributed by atoms with van der Waals surface area (Å²) in [5.74, 6) is -1.83. The lowest BCUT2D eigenvalue weighted by Gasteiger charge is -2.19. The van der Waals surface area contributed by atoms with E-state index >= 15 is 0 Å². The Morgan fingerprint density at radius 3 is 2.53 bits per heavy atom. The van der Waals surface area contributed by atoms with Crippen molar-refractivity contribution < 1.29 is 24.5 Å². The minimum atomic E-state index is -1.54. The lowest BCUT2D eigenvalue weighted by molar-refractivity contribution is -0.308. The van der Waals surface area contributed by atoms with Gasteiger partial charge in [-0.2, -0.15) is 0 Å². The summed E-state index contributed by atoms with van der Waals surface area (Å²) in [5, 5.41) is 21.6. The highest BCUT2D eigenvalue weighted by Gasteiger charge is 2.17. The van der Waals surface area contributed by atoms with Crippen LogP contribution < -0.4 is 15.2 Å². The van der Waals surface area contributed by atoms with Crippen LogP contribution in [0.2, 0.25) is 0 Å². The van der Waals surface area contributed by atoms with Crippen LogP contribution in [0, 0.1) is 0 Å². The summed E-state index contributed by atoms with van der Waals surface area (Å²) in [6, 6.07) is 5.02. The molecule has 104 valence electrons. The molecule has 0 fully saturated rings. The molecule has 1 aromatic rings. The van der Waals surface area contributed by atoms with Crippen LogP contribution in [0.15, 0.2) is 24.3 Å². The fraction of sp³-hybridized carbons (Fsp3) is 0.385. The highest BCUT2D eigenvalue weighted by atomic mass is 16.5. The number of carboxylic acid groups (broad SMARTS) is 1. The first-order valence-electron chi connectivity index (χ1n) is 5.84. The minimum absolute atomic E-state index is 0.122. The van der Waals surface area contributed by atoms with Gasteiger partial charge in [0.25, 0.3) is 5.91 Å². The first-order chi connectivity index (χ1) is 8.95. The third-order valence-electron chi connectivity index (χ3n) is 2.27. The Kier molecular flexibility index (Phi) is 5.32. The summed E-state index contributed by atoms with van der Waals surface area (Å²) in [6.45, 7) is 2.89. The predicted octanol–water partition coefficient (Wildman–Crippen LogP) is -0.686. The maximum absolute atomic E-state index is 11.9. The number of rotatable bonds is 6. The second kappa shape index (κ2) is 6.75. The number of amides is 1. The number of aliphatic hydroxyl groups is 1. The molecule has 0 radical (unpaired) electrons. The number of nitrogens with one attached hydrogen (secondary N) is 1. The molecule has 6 heteroatoms. The largest absolute Gasteiger partial charge is 0.548 e. The van der Waals surface area contributed by atoms with Crippen molar-refractivity contribution in [2.24, 2.45) is 0 Å². The molecule has 0 bridgehead atoms. The molecule has 0 aliphatic heterocycles. The van der Waals surface area contributed by atoms with Crippen molar-refractivity contribution in [2.45, 2.75) is 26.0 Å². The average molecular weight is 266 g/mol. The lowest BCUT2D eigenvalue weighted by Crippen LogP contribution is -2.50. The molecule has 0 saturated heterocycles. The smallest absolute Gasteiger partial charge is 0.255 e. The van der Waals surface area contributed by atoms with Gasteiger partial charge in [0, 0.05) is 0 Å². The zero-order valence-electron chi connectivity index (χ0n) is 10.8. The van der Waals surface area contributed by atoms with Crippen molar-refractivity contribution in [1.29, 1.82) is 0 Å². The fourth-order valence-electron chi connectivity index (χ4n) is 1.43. The number of hydrogen-bond donors (Lipinski definition) is 2. The number of para-hydroxylation sites is 1. The van der Waals surface area contributed by atoms with Gasteiger partial charge >= 0.3 is 0 Å². The molecule has 6 nitrogen and oxygen atoms in total. The number of carboxylic acids is 1. The van der Waals surface area contributed by atoms with Crippen LogP contribution in [0.3, 0.4) is 0 Å². The topological polar surface area (TPSA) is 98.7 Å². The molecule has 0 spiro atoms. The summed E-state index contributed by atoms with van der Waals surface area (Å²) in [7, 11) is 0. The summed E-state index contributed by atoms with van der Waals surface area (Å²) in [6.07, 6.45) is -0.122. The standard InChI is InChI=1S/C13H17NO5/c1-8(2)19-11-6-4-3-5-9(11)12(16)14-10(7-15)13(17)18/h3-6,8,10,15H,7H2,1-2H3,(H,14,16)(H,17,18)/p-1/t10-/m1/s1. The number of benzene rings is 1. The van der Waals surface area contributed by atoms with Crippen molar-refractivity contribution in [3.05, 3.63) is 29.8 Å². The molecule has 0 aromatic heterocycles. The second-order valence-corrected chi connectivity index (χ2v) is 4.19. The van der Waals surface area contributed by atoms with Crippen molar-refractivity contribution in [1.82, 2.24) is 5.32 Å². The maximum atomic E-state index is 11.9. The van der Waals surface area contributed by atoms with E-state index in [-0.39, 0.29) is 11.7 Å². The van der Waals surface area contributed by atoms with Crippen molar-refractivity contribution in [2.75, 3.05) is 6.61 Å². The minimum Gasteiger partial charge on any atom is -0.548 e. The van der Waals surface area contributed by atoms with E-state index in [1.54, 1.807) is 18.2 Å². The highest BCUT2D eigenvalue weighted by Crippen LogP contribution is 2.19.